The van der Waals surface area contributed by atoms with Crippen molar-refractivity contribution in [3.05, 3.63) is 57.2 Å². The molecule has 5 nitrogen and oxygen atoms in total. The fourth-order valence-electron chi connectivity index (χ4n) is 7.40. The Kier molecular flexibility index (Phi) is 24.7. The van der Waals surface area contributed by atoms with Gasteiger partial charge in [-0.1, -0.05) is 30.3 Å². The molecule has 4 atom stereocenters. The van der Waals surface area contributed by atoms with Crippen molar-refractivity contribution in [2.45, 2.75) is 216 Å². The van der Waals surface area contributed by atoms with Crippen molar-refractivity contribution in [1.82, 2.24) is 0 Å². The SMILES string of the molecule is CCC[CH2][Sn]([CH2]CCC)([CH2]CCC)/[C](=C/C(C)=C/C[C@H](O[Si](C)(C)C(C)(C)C)[C@@H](C)[C@@H](O[Si](C)(C)C(C)(C)C)[C@H](C)CCCOCc1ccccc1)COC(C)=O. The van der Waals surface area contributed by atoms with Crippen molar-refractivity contribution in [2.75, 3.05) is 13.2 Å². The van der Waals surface area contributed by atoms with Crippen LogP contribution in [-0.2, 0) is 29.7 Å². The third-order valence-corrected chi connectivity index (χ3v) is 38.3. The summed E-state index contributed by atoms with van der Waals surface area (Å²) >= 11 is -2.87. The molecule has 0 unspecified atom stereocenters. The molecule has 1 aromatic carbocycles. The van der Waals surface area contributed by atoms with Crippen LogP contribution in [0.1, 0.15) is 153 Å². The molecule has 0 radical (unpaired) electrons. The third kappa shape index (κ3) is 19.3. The van der Waals surface area contributed by atoms with Gasteiger partial charge in [0, 0.05) is 0 Å². The van der Waals surface area contributed by atoms with Gasteiger partial charge in [0.1, 0.15) is 0 Å². The van der Waals surface area contributed by atoms with E-state index in [4.69, 9.17) is 18.3 Å². The van der Waals surface area contributed by atoms with Crippen LogP contribution in [0.3, 0.4) is 0 Å². The number of rotatable bonds is 28. The van der Waals surface area contributed by atoms with Gasteiger partial charge in [-0.3, -0.25) is 0 Å². The second kappa shape index (κ2) is 25.9. The van der Waals surface area contributed by atoms with E-state index in [1.165, 1.54) is 66.6 Å². The monoisotopic (exact) mass is 937 g/mol. The predicted molar refractivity (Wildman–Crippen MR) is 256 cm³/mol. The second-order valence-corrected chi connectivity index (χ2v) is 43.4. The summed E-state index contributed by atoms with van der Waals surface area (Å²) in [5.74, 6) is 0.370. The predicted octanol–water partition coefficient (Wildman–Crippen LogP) is 15.3. The van der Waals surface area contributed by atoms with E-state index in [1.54, 1.807) is 6.92 Å². The van der Waals surface area contributed by atoms with Crippen LogP contribution in [0.15, 0.2) is 51.6 Å². The van der Waals surface area contributed by atoms with Crippen molar-refractivity contribution in [1.29, 1.82) is 0 Å². The van der Waals surface area contributed by atoms with Gasteiger partial charge in [0.2, 0.25) is 0 Å². The zero-order chi connectivity index (χ0) is 43.5. The van der Waals surface area contributed by atoms with Crippen molar-refractivity contribution < 1.29 is 23.1 Å². The Bertz CT molecular complexity index is 1310. The molecule has 0 aliphatic heterocycles. The molecule has 0 aromatic heterocycles. The molecule has 1 rings (SSSR count). The van der Waals surface area contributed by atoms with Crippen LogP contribution in [0.4, 0.5) is 0 Å². The standard InChI is InChI=1S/C37H65O5Si2.3C4H9.Sn/c1-29(20-18-27-40-32(4)38)24-25-34(41-43(11,12)36(5,6)7)31(3)35(42-44(13,14)37(8,9)10)30(2)21-19-26-39-28-33-22-16-15-17-23-33;3*1-3-4-2;/h15-17,20,22-24,30-31,34-35H,19,21,25-28H2,1-14H3;3*1,3-4H2,2H3;/b20-18?,29-24+;;;;/t30-,31-,34+,35+;;;;/m1..../s1. The molecule has 0 fully saturated rings. The van der Waals surface area contributed by atoms with Gasteiger partial charge in [-0.05, 0) is 5.56 Å². The quantitative estimate of drug-likeness (QED) is 0.0363. The van der Waals surface area contributed by atoms with Gasteiger partial charge < -0.3 is 4.74 Å². The number of ether oxygens (including phenoxy) is 2. The van der Waals surface area contributed by atoms with Gasteiger partial charge in [-0.25, -0.2) is 0 Å². The van der Waals surface area contributed by atoms with E-state index >= 15 is 0 Å². The molecule has 0 heterocycles. The van der Waals surface area contributed by atoms with E-state index < -0.39 is 35.0 Å². The maximum absolute atomic E-state index is 12.3. The number of allylic oxidation sites excluding steroid dienone is 2. The Hall–Kier alpha value is -0.718. The summed E-state index contributed by atoms with van der Waals surface area (Å²) in [5.41, 5.74) is 2.50. The van der Waals surface area contributed by atoms with Crippen LogP contribution >= 0.6 is 0 Å². The zero-order valence-electron chi connectivity index (χ0n) is 40.5. The first-order chi connectivity index (χ1) is 26.5. The van der Waals surface area contributed by atoms with Gasteiger partial charge in [0.05, 0.1) is 6.61 Å². The average molecular weight is 936 g/mol. The van der Waals surface area contributed by atoms with Gasteiger partial charge in [0.25, 0.3) is 0 Å². The van der Waals surface area contributed by atoms with Gasteiger partial charge in [-0.2, -0.15) is 0 Å². The molecule has 0 saturated carbocycles. The molecule has 0 saturated heterocycles. The Morgan fingerprint density at radius 1 is 0.772 bits per heavy atom. The summed E-state index contributed by atoms with van der Waals surface area (Å²) in [6.07, 6.45) is 15.4. The number of hydrogen-bond donors (Lipinski definition) is 0. The van der Waals surface area contributed by atoms with E-state index in [0.29, 0.717) is 19.1 Å². The second-order valence-electron chi connectivity index (χ2n) is 20.5. The molecule has 57 heavy (non-hydrogen) atoms. The summed E-state index contributed by atoms with van der Waals surface area (Å²) in [6.45, 7) is 41.2. The summed E-state index contributed by atoms with van der Waals surface area (Å²) in [7, 11) is -4.24. The molecule has 0 spiro atoms. The number of benzene rings is 1. The zero-order valence-corrected chi connectivity index (χ0v) is 45.4. The molecule has 1 aromatic rings. The van der Waals surface area contributed by atoms with Gasteiger partial charge in [-0.15, -0.1) is 0 Å². The number of unbranched alkanes of at least 4 members (excludes halogenated alkanes) is 3. The van der Waals surface area contributed by atoms with Crippen LogP contribution in [0.25, 0.3) is 0 Å². The number of carbonyl (C=O) groups excluding carboxylic acids is 1. The van der Waals surface area contributed by atoms with E-state index in [-0.39, 0.29) is 34.2 Å². The van der Waals surface area contributed by atoms with Crippen LogP contribution < -0.4 is 0 Å². The van der Waals surface area contributed by atoms with Crippen molar-refractivity contribution >= 4 is 41.0 Å². The third-order valence-electron chi connectivity index (χ3n) is 13.4. The fraction of sp³-hybridized carbons (Fsp3) is 0.776. The molecule has 0 amide bonds. The van der Waals surface area contributed by atoms with Crippen molar-refractivity contribution in [3.8, 4) is 0 Å². The normalized spacial score (nSPS) is 16.0. The average Bonchev–Trinajstić information content (AvgIpc) is 3.12. The minimum absolute atomic E-state index is 0.0197. The van der Waals surface area contributed by atoms with Crippen molar-refractivity contribution in [2.24, 2.45) is 11.8 Å². The van der Waals surface area contributed by atoms with E-state index in [0.717, 1.165) is 25.9 Å². The van der Waals surface area contributed by atoms with Crippen molar-refractivity contribution in [3.63, 3.8) is 0 Å². The Morgan fingerprint density at radius 2 is 1.28 bits per heavy atom. The van der Waals surface area contributed by atoms with E-state index in [1.807, 2.05) is 0 Å². The summed E-state index contributed by atoms with van der Waals surface area (Å²) in [5, 5.41) is 0.189. The topological polar surface area (TPSA) is 54.0 Å². The molecule has 0 N–H and O–H groups in total. The Balaban J connectivity index is 3.69. The minimum atomic E-state index is -2.87. The van der Waals surface area contributed by atoms with Crippen LogP contribution in [0.2, 0.25) is 49.6 Å². The molecule has 0 aliphatic rings. The Morgan fingerprint density at radius 3 is 1.75 bits per heavy atom. The summed E-state index contributed by atoms with van der Waals surface area (Å²) in [4.78, 5) is 12.3. The van der Waals surface area contributed by atoms with E-state index in [2.05, 4.69) is 152 Å². The first kappa shape index (κ1) is 54.3. The molecule has 0 bridgehead atoms. The summed E-state index contributed by atoms with van der Waals surface area (Å²) < 4.78 is 32.5. The molecule has 8 heteroatoms. The molecule has 0 aliphatic carbocycles. The summed E-state index contributed by atoms with van der Waals surface area (Å²) in [6, 6.07) is 10.5. The number of carbonyl (C=O) groups is 1. The van der Waals surface area contributed by atoms with Gasteiger partial charge in [0.15, 0.2) is 0 Å². The van der Waals surface area contributed by atoms with E-state index in [9.17, 15) is 4.79 Å². The maximum atomic E-state index is 12.3. The Labute approximate surface area is 360 Å². The van der Waals surface area contributed by atoms with Gasteiger partial charge >= 0.3 is 315 Å². The molecular formula is C49H92O5Si2Sn. The number of hydrogen-bond acceptors (Lipinski definition) is 5. The first-order valence-electron chi connectivity index (χ1n) is 22.9. The van der Waals surface area contributed by atoms with Crippen LogP contribution in [-0.4, -0.2) is 66.4 Å². The number of esters is 1. The fourth-order valence-corrected chi connectivity index (χ4v) is 26.6. The molecular weight excluding hydrogens is 843 g/mol. The van der Waals surface area contributed by atoms with Crippen LogP contribution in [0, 0.1) is 11.8 Å². The molecule has 330 valence electrons. The van der Waals surface area contributed by atoms with Crippen LogP contribution in [0.5, 0.6) is 0 Å². The first-order valence-corrected chi connectivity index (χ1v) is 36.2.